The van der Waals surface area contributed by atoms with Gasteiger partial charge >= 0.3 is 0 Å². The SMILES string of the molecule is C=c1/c(=C\C(=C/C)C(C)C)ccn1CC. The fraction of sp³-hybridized carbons (Fsp3) is 0.429. The molecule has 0 aromatic carbocycles. The average molecular weight is 203 g/mol. The molecule has 0 spiro atoms. The molecule has 1 heterocycles. The van der Waals surface area contributed by atoms with Crippen LogP contribution in [0.25, 0.3) is 12.7 Å². The maximum atomic E-state index is 4.10. The molecule has 0 bridgehead atoms. The third kappa shape index (κ3) is 2.62. The number of nitrogens with zero attached hydrogens (tertiary/aromatic N) is 1. The Kier molecular flexibility index (Phi) is 3.96. The zero-order chi connectivity index (χ0) is 11.4. The molecule has 0 aliphatic heterocycles. The van der Waals surface area contributed by atoms with Gasteiger partial charge in [0.25, 0.3) is 0 Å². The molecule has 1 aromatic heterocycles. The lowest BCUT2D eigenvalue weighted by molar-refractivity contribution is 0.745. The van der Waals surface area contributed by atoms with Crippen molar-refractivity contribution in [3.8, 4) is 0 Å². The van der Waals surface area contributed by atoms with Gasteiger partial charge in [-0.1, -0.05) is 26.5 Å². The Hall–Kier alpha value is -1.24. The van der Waals surface area contributed by atoms with Crippen LogP contribution in [0.15, 0.2) is 23.9 Å². The smallest absolute Gasteiger partial charge is 0.0407 e. The van der Waals surface area contributed by atoms with Gasteiger partial charge in [0.2, 0.25) is 0 Å². The Balaban J connectivity index is 3.22. The first-order valence-corrected chi connectivity index (χ1v) is 5.62. The zero-order valence-electron chi connectivity index (χ0n) is 10.2. The van der Waals surface area contributed by atoms with Crippen LogP contribution in [0.5, 0.6) is 0 Å². The molecular formula is C14H21N. The highest BCUT2D eigenvalue weighted by Gasteiger charge is 1.98. The first-order chi connectivity index (χ1) is 7.10. The molecule has 0 radical (unpaired) electrons. The molecule has 0 fully saturated rings. The second-order valence-electron chi connectivity index (χ2n) is 4.09. The van der Waals surface area contributed by atoms with E-state index in [-0.39, 0.29) is 0 Å². The van der Waals surface area contributed by atoms with Gasteiger partial charge in [-0.2, -0.15) is 0 Å². The standard InChI is InChI=1S/C14H21N/c1-6-13(11(3)4)10-14-8-9-15(7-2)12(14)5/h6,8-11H,5,7H2,1-4H3/b13-6+,14-10-. The normalized spacial score (nSPS) is 13.9. The van der Waals surface area contributed by atoms with Crippen LogP contribution in [0, 0.1) is 5.92 Å². The van der Waals surface area contributed by atoms with Crippen LogP contribution in [0.2, 0.25) is 0 Å². The van der Waals surface area contributed by atoms with Crippen molar-refractivity contribution in [3.63, 3.8) is 0 Å². The molecule has 0 saturated carbocycles. The average Bonchev–Trinajstić information content (AvgIpc) is 2.55. The molecule has 1 aromatic rings. The van der Waals surface area contributed by atoms with E-state index in [0.717, 1.165) is 11.9 Å². The molecule has 0 saturated heterocycles. The van der Waals surface area contributed by atoms with Crippen LogP contribution < -0.4 is 10.6 Å². The molecule has 0 aliphatic carbocycles. The summed E-state index contributed by atoms with van der Waals surface area (Å²) in [6.07, 6.45) is 6.51. The van der Waals surface area contributed by atoms with Crippen LogP contribution >= 0.6 is 0 Å². The lowest BCUT2D eigenvalue weighted by Gasteiger charge is -2.04. The van der Waals surface area contributed by atoms with E-state index in [1.807, 2.05) is 0 Å². The first-order valence-electron chi connectivity index (χ1n) is 5.62. The third-order valence-corrected chi connectivity index (χ3v) is 2.78. The van der Waals surface area contributed by atoms with Gasteiger partial charge in [0.05, 0.1) is 0 Å². The van der Waals surface area contributed by atoms with Crippen LogP contribution in [0.3, 0.4) is 0 Å². The van der Waals surface area contributed by atoms with Crippen LogP contribution in [-0.2, 0) is 6.54 Å². The summed E-state index contributed by atoms with van der Waals surface area (Å²) in [7, 11) is 0. The number of rotatable bonds is 3. The molecule has 1 heteroatoms. The van der Waals surface area contributed by atoms with E-state index in [1.165, 1.54) is 10.8 Å². The predicted octanol–water partition coefficient (Wildman–Crippen LogP) is 2.30. The quantitative estimate of drug-likeness (QED) is 0.710. The van der Waals surface area contributed by atoms with E-state index < -0.39 is 0 Å². The largest absolute Gasteiger partial charge is 0.348 e. The summed E-state index contributed by atoms with van der Waals surface area (Å²) in [6, 6.07) is 2.14. The second kappa shape index (κ2) is 5.01. The predicted molar refractivity (Wildman–Crippen MR) is 67.9 cm³/mol. The van der Waals surface area contributed by atoms with Crippen LogP contribution in [0.1, 0.15) is 27.7 Å². The third-order valence-electron chi connectivity index (χ3n) is 2.78. The van der Waals surface area contributed by atoms with Gasteiger partial charge < -0.3 is 4.57 Å². The minimum absolute atomic E-state index is 0.569. The lowest BCUT2D eigenvalue weighted by atomic mass is 10.0. The molecule has 82 valence electrons. The van der Waals surface area contributed by atoms with Crippen molar-refractivity contribution in [2.75, 3.05) is 0 Å². The van der Waals surface area contributed by atoms with Crippen molar-refractivity contribution in [2.24, 2.45) is 5.92 Å². The lowest BCUT2D eigenvalue weighted by Crippen LogP contribution is -2.27. The maximum Gasteiger partial charge on any atom is 0.0407 e. The Morgan fingerprint density at radius 2 is 2.20 bits per heavy atom. The number of allylic oxidation sites excluding steroid dienone is 2. The molecular weight excluding hydrogens is 182 g/mol. The van der Waals surface area contributed by atoms with Gasteiger partial charge in [-0.3, -0.25) is 0 Å². The summed E-state index contributed by atoms with van der Waals surface area (Å²) in [5, 5.41) is 2.34. The minimum Gasteiger partial charge on any atom is -0.348 e. The summed E-state index contributed by atoms with van der Waals surface area (Å²) < 4.78 is 2.17. The Morgan fingerprint density at radius 3 is 2.60 bits per heavy atom. The van der Waals surface area contributed by atoms with Crippen molar-refractivity contribution < 1.29 is 0 Å². The first kappa shape index (κ1) is 11.8. The van der Waals surface area contributed by atoms with Crippen LogP contribution in [0.4, 0.5) is 0 Å². The second-order valence-corrected chi connectivity index (χ2v) is 4.09. The molecule has 0 aliphatic rings. The van der Waals surface area contributed by atoms with E-state index in [9.17, 15) is 0 Å². The van der Waals surface area contributed by atoms with Crippen molar-refractivity contribution in [1.82, 2.24) is 4.57 Å². The summed E-state index contributed by atoms with van der Waals surface area (Å²) >= 11 is 0. The molecule has 1 nitrogen and oxygen atoms in total. The van der Waals surface area contributed by atoms with Gasteiger partial charge in [-0.25, -0.2) is 0 Å². The van der Waals surface area contributed by atoms with Crippen LogP contribution in [-0.4, -0.2) is 4.57 Å². The van der Waals surface area contributed by atoms with E-state index in [2.05, 4.69) is 63.3 Å². The summed E-state index contributed by atoms with van der Waals surface area (Å²) in [5.41, 5.74) is 1.37. The van der Waals surface area contributed by atoms with Gasteiger partial charge in [-0.05, 0) is 42.7 Å². The van der Waals surface area contributed by atoms with Gasteiger partial charge in [0.1, 0.15) is 0 Å². The Bertz CT molecular complexity index is 446. The van der Waals surface area contributed by atoms with E-state index in [1.54, 1.807) is 0 Å². The van der Waals surface area contributed by atoms with E-state index in [4.69, 9.17) is 0 Å². The molecule has 1 rings (SSSR count). The molecule has 0 unspecified atom stereocenters. The summed E-state index contributed by atoms with van der Waals surface area (Å²) in [6.45, 7) is 13.7. The number of aryl methyl sites for hydroxylation is 1. The number of hydrogen-bond acceptors (Lipinski definition) is 0. The topological polar surface area (TPSA) is 4.93 Å². The van der Waals surface area contributed by atoms with Gasteiger partial charge in [-0.15, -0.1) is 0 Å². The monoisotopic (exact) mass is 203 g/mol. The summed E-state index contributed by atoms with van der Waals surface area (Å²) in [4.78, 5) is 0. The van der Waals surface area contributed by atoms with Crippen molar-refractivity contribution in [1.29, 1.82) is 0 Å². The summed E-state index contributed by atoms with van der Waals surface area (Å²) in [5.74, 6) is 0.569. The van der Waals surface area contributed by atoms with Crippen molar-refractivity contribution >= 4 is 12.7 Å². The van der Waals surface area contributed by atoms with Gasteiger partial charge in [0, 0.05) is 18.1 Å². The fourth-order valence-electron chi connectivity index (χ4n) is 1.71. The van der Waals surface area contributed by atoms with E-state index in [0.29, 0.717) is 5.92 Å². The highest BCUT2D eigenvalue weighted by Crippen LogP contribution is 2.09. The van der Waals surface area contributed by atoms with E-state index >= 15 is 0 Å². The Labute approximate surface area is 92.4 Å². The maximum absolute atomic E-state index is 4.10. The minimum atomic E-state index is 0.569. The Morgan fingerprint density at radius 1 is 1.53 bits per heavy atom. The van der Waals surface area contributed by atoms with Gasteiger partial charge in [0.15, 0.2) is 0 Å². The molecule has 0 atom stereocenters. The highest BCUT2D eigenvalue weighted by molar-refractivity contribution is 5.47. The van der Waals surface area contributed by atoms with Crippen molar-refractivity contribution in [2.45, 2.75) is 34.2 Å². The molecule has 0 amide bonds. The molecule has 15 heavy (non-hydrogen) atoms. The fourth-order valence-corrected chi connectivity index (χ4v) is 1.71. The number of aromatic nitrogens is 1. The number of hydrogen-bond donors (Lipinski definition) is 0. The zero-order valence-corrected chi connectivity index (χ0v) is 10.2. The highest BCUT2D eigenvalue weighted by atomic mass is 14.9. The van der Waals surface area contributed by atoms with Crippen molar-refractivity contribution in [3.05, 3.63) is 34.5 Å². The molecule has 0 N–H and O–H groups in total.